The summed E-state index contributed by atoms with van der Waals surface area (Å²) in [7, 11) is 0. The quantitative estimate of drug-likeness (QED) is 0.357. The number of aliphatic hydroxyl groups is 1. The molecule has 2 atom stereocenters. The van der Waals surface area contributed by atoms with Gasteiger partial charge < -0.3 is 18.8 Å². The molecule has 0 saturated heterocycles. The van der Waals surface area contributed by atoms with Gasteiger partial charge in [-0.3, -0.25) is 4.79 Å². The molecule has 0 bridgehead atoms. The zero-order chi connectivity index (χ0) is 6.73. The zero-order valence-corrected chi connectivity index (χ0v) is 10.5. The van der Waals surface area contributed by atoms with Crippen molar-refractivity contribution in [3.63, 3.8) is 0 Å². The van der Waals surface area contributed by atoms with Gasteiger partial charge in [0.25, 0.3) is 0 Å². The van der Waals surface area contributed by atoms with Crippen LogP contribution in [0.1, 0.15) is 9.78 Å². The van der Waals surface area contributed by atoms with Crippen molar-refractivity contribution in [3.8, 4) is 0 Å². The molecule has 0 fully saturated rings. The van der Waals surface area contributed by atoms with E-state index in [4.69, 9.17) is 15.9 Å². The minimum absolute atomic E-state index is 0. The zero-order valence-electron chi connectivity index (χ0n) is 8.53. The van der Waals surface area contributed by atoms with Gasteiger partial charge in [0.1, 0.15) is 6.04 Å². The monoisotopic (exact) mass is 167 g/mol. The molecule has 0 saturated carbocycles. The summed E-state index contributed by atoms with van der Waals surface area (Å²) < 4.78 is 0. The Bertz CT molecular complexity index is 106. The second-order valence-corrected chi connectivity index (χ2v) is 1.60. The molecule has 0 radical (unpaired) electrons. The van der Waals surface area contributed by atoms with Gasteiger partial charge in [0.2, 0.25) is 0 Å². The Balaban J connectivity index is -0.0000000408. The maximum Gasteiger partial charge on any atom is 1.00 e. The maximum absolute atomic E-state index is 9.86. The third-order valence-corrected chi connectivity index (χ3v) is 0.805. The summed E-state index contributed by atoms with van der Waals surface area (Å²) in [6.45, 7) is 1.33. The molecule has 0 aromatic heterocycles. The standard InChI is InChI=1S/C4H9NO3.2Na.2H/c1-2(6)3(5)4(7)8;;;;/h2-3,6H,5H2,1H3,(H,7,8);;;;/q;2*+1;2*-1/t2-,3+;;;;/m1..../s1. The Morgan fingerprint density at radius 1 is 1.60 bits per heavy atom. The summed E-state index contributed by atoms with van der Waals surface area (Å²) in [6.07, 6.45) is -0.979. The SMILES string of the molecule is C[C@@H](O)[C@H](N)C(=O)O.[H-].[H-].[Na+].[Na+]. The number of hydrogen-bond donors (Lipinski definition) is 3. The van der Waals surface area contributed by atoms with Crippen LogP contribution in [0.5, 0.6) is 0 Å². The molecule has 0 aromatic rings. The largest absolute Gasteiger partial charge is 1.00 e. The van der Waals surface area contributed by atoms with Crippen LogP contribution >= 0.6 is 0 Å². The van der Waals surface area contributed by atoms with E-state index in [9.17, 15) is 4.79 Å². The van der Waals surface area contributed by atoms with Crippen LogP contribution in [0, 0.1) is 0 Å². The first-order chi connectivity index (χ1) is 3.55. The van der Waals surface area contributed by atoms with Crippen molar-refractivity contribution in [1.29, 1.82) is 0 Å². The number of rotatable bonds is 2. The molecule has 6 heteroatoms. The van der Waals surface area contributed by atoms with E-state index >= 15 is 0 Å². The van der Waals surface area contributed by atoms with E-state index in [1.807, 2.05) is 0 Å². The van der Waals surface area contributed by atoms with Gasteiger partial charge >= 0.3 is 65.1 Å². The third-order valence-electron chi connectivity index (χ3n) is 0.805. The van der Waals surface area contributed by atoms with Crippen LogP contribution in [-0.2, 0) is 4.79 Å². The Kier molecular flexibility index (Phi) is 14.8. The molecule has 4 nitrogen and oxygen atoms in total. The number of hydrogen-bond acceptors (Lipinski definition) is 3. The number of aliphatic carboxylic acids is 1. The second kappa shape index (κ2) is 8.49. The van der Waals surface area contributed by atoms with Crippen LogP contribution in [0.3, 0.4) is 0 Å². The fourth-order valence-electron chi connectivity index (χ4n) is 0.206. The van der Waals surface area contributed by atoms with Gasteiger partial charge in [0.15, 0.2) is 0 Å². The Morgan fingerprint density at radius 3 is 1.90 bits per heavy atom. The Hall–Kier alpha value is 1.39. The smallest absolute Gasteiger partial charge is 1.00 e. The minimum Gasteiger partial charge on any atom is -1.00 e. The summed E-state index contributed by atoms with van der Waals surface area (Å²) in [5, 5.41) is 16.6. The van der Waals surface area contributed by atoms with Crippen molar-refractivity contribution in [1.82, 2.24) is 0 Å². The number of carboxylic acid groups (broad SMARTS) is 1. The molecule has 0 aliphatic carbocycles. The van der Waals surface area contributed by atoms with E-state index in [0.717, 1.165) is 0 Å². The molecule has 4 N–H and O–H groups in total. The van der Waals surface area contributed by atoms with Crippen molar-refractivity contribution in [2.75, 3.05) is 0 Å². The molecule has 0 unspecified atom stereocenters. The number of aliphatic hydroxyl groups excluding tert-OH is 1. The van der Waals surface area contributed by atoms with Crippen LogP contribution in [0.15, 0.2) is 0 Å². The van der Waals surface area contributed by atoms with Crippen LogP contribution in [0.25, 0.3) is 0 Å². The topological polar surface area (TPSA) is 83.5 Å². The van der Waals surface area contributed by atoms with Gasteiger partial charge in [-0.2, -0.15) is 0 Å². The van der Waals surface area contributed by atoms with Gasteiger partial charge in [-0.05, 0) is 6.92 Å². The molecule has 0 aliphatic heterocycles. The van der Waals surface area contributed by atoms with Gasteiger partial charge in [-0.15, -0.1) is 0 Å². The summed E-state index contributed by atoms with van der Waals surface area (Å²) in [5.41, 5.74) is 4.91. The van der Waals surface area contributed by atoms with E-state index in [1.165, 1.54) is 6.92 Å². The van der Waals surface area contributed by atoms with Crippen molar-refractivity contribution in [2.45, 2.75) is 19.1 Å². The number of nitrogens with two attached hydrogens (primary N) is 1. The van der Waals surface area contributed by atoms with Crippen LogP contribution in [0.4, 0.5) is 0 Å². The van der Waals surface area contributed by atoms with Crippen LogP contribution in [0.2, 0.25) is 0 Å². The molecule has 52 valence electrons. The molecule has 10 heavy (non-hydrogen) atoms. The molecule has 0 rings (SSSR count). The van der Waals surface area contributed by atoms with E-state index in [-0.39, 0.29) is 62.0 Å². The average molecular weight is 167 g/mol. The fourth-order valence-corrected chi connectivity index (χ4v) is 0.206. The van der Waals surface area contributed by atoms with Crippen molar-refractivity contribution in [3.05, 3.63) is 0 Å². The Morgan fingerprint density at radius 2 is 1.90 bits per heavy atom. The minimum atomic E-state index is -1.18. The molecular formula is C4H11NNa2O3. The van der Waals surface area contributed by atoms with E-state index < -0.39 is 18.1 Å². The predicted molar refractivity (Wildman–Crippen MR) is 29.5 cm³/mol. The summed E-state index contributed by atoms with van der Waals surface area (Å²) in [4.78, 5) is 9.86. The van der Waals surface area contributed by atoms with E-state index in [1.54, 1.807) is 0 Å². The Labute approximate surface area is 107 Å². The summed E-state index contributed by atoms with van der Waals surface area (Å²) in [6, 6.07) is -1.16. The first kappa shape index (κ1) is 17.5. The molecular weight excluding hydrogens is 156 g/mol. The van der Waals surface area contributed by atoms with E-state index in [2.05, 4.69) is 0 Å². The third kappa shape index (κ3) is 7.50. The second-order valence-electron chi connectivity index (χ2n) is 1.60. The molecule has 0 amide bonds. The first-order valence-electron chi connectivity index (χ1n) is 2.22. The van der Waals surface area contributed by atoms with Crippen molar-refractivity contribution < 1.29 is 77.0 Å². The average Bonchev–Trinajstić information content (AvgIpc) is 1.64. The first-order valence-corrected chi connectivity index (χ1v) is 2.22. The maximum atomic E-state index is 9.86. The number of carboxylic acids is 1. The van der Waals surface area contributed by atoms with Crippen LogP contribution < -0.4 is 64.8 Å². The summed E-state index contributed by atoms with van der Waals surface area (Å²) in [5.74, 6) is -1.18. The number of carbonyl (C=O) groups is 1. The van der Waals surface area contributed by atoms with Crippen molar-refractivity contribution >= 4 is 5.97 Å². The molecule has 0 spiro atoms. The van der Waals surface area contributed by atoms with Gasteiger partial charge in [0, 0.05) is 0 Å². The normalized spacial score (nSPS) is 13.9. The van der Waals surface area contributed by atoms with E-state index in [0.29, 0.717) is 0 Å². The van der Waals surface area contributed by atoms with Gasteiger partial charge in [0.05, 0.1) is 6.10 Å². The molecule has 0 aliphatic rings. The fraction of sp³-hybridized carbons (Fsp3) is 0.750. The molecule has 0 aromatic carbocycles. The van der Waals surface area contributed by atoms with Gasteiger partial charge in [-0.1, -0.05) is 0 Å². The molecule has 0 heterocycles. The summed E-state index contributed by atoms with van der Waals surface area (Å²) >= 11 is 0. The van der Waals surface area contributed by atoms with Crippen LogP contribution in [-0.4, -0.2) is 28.3 Å². The van der Waals surface area contributed by atoms with Crippen molar-refractivity contribution in [2.24, 2.45) is 5.73 Å². The van der Waals surface area contributed by atoms with Gasteiger partial charge in [-0.25, -0.2) is 0 Å². The predicted octanol–water partition coefficient (Wildman–Crippen LogP) is -6.99.